The second-order valence-corrected chi connectivity index (χ2v) is 6.75. The van der Waals surface area contributed by atoms with Crippen LogP contribution in [-0.4, -0.2) is 26.6 Å². The Morgan fingerprint density at radius 1 is 1.33 bits per heavy atom. The molecule has 0 bridgehead atoms. The van der Waals surface area contributed by atoms with E-state index in [1.807, 2.05) is 0 Å². The Kier molecular flexibility index (Phi) is 4.92. The van der Waals surface area contributed by atoms with Crippen molar-refractivity contribution in [1.82, 2.24) is 0 Å². The number of nitro groups is 1. The quantitative estimate of drug-likeness (QED) is 0.655. The number of rotatable bonds is 5. The van der Waals surface area contributed by atoms with Gasteiger partial charge in [0.05, 0.1) is 9.82 Å². The van der Waals surface area contributed by atoms with Crippen LogP contribution in [0.5, 0.6) is 0 Å². The van der Waals surface area contributed by atoms with Gasteiger partial charge >= 0.3 is 0 Å². The first kappa shape index (κ1) is 15.9. The summed E-state index contributed by atoms with van der Waals surface area (Å²) in [6, 6.07) is 3.84. The predicted molar refractivity (Wildman–Crippen MR) is 76.3 cm³/mol. The molecule has 1 aliphatic heterocycles. The molecule has 2 N–H and O–H groups in total. The summed E-state index contributed by atoms with van der Waals surface area (Å²) in [6.07, 6.45) is 3.30. The van der Waals surface area contributed by atoms with Gasteiger partial charge in [-0.25, -0.2) is 13.6 Å². The number of nitrogens with two attached hydrogens (primary N) is 1. The normalized spacial score (nSPS) is 16.8. The van der Waals surface area contributed by atoms with Crippen molar-refractivity contribution in [3.63, 3.8) is 0 Å². The summed E-state index contributed by atoms with van der Waals surface area (Å²) >= 11 is 0. The van der Waals surface area contributed by atoms with Crippen molar-refractivity contribution < 1.29 is 18.1 Å². The van der Waals surface area contributed by atoms with Gasteiger partial charge in [-0.2, -0.15) is 0 Å². The first-order chi connectivity index (χ1) is 9.88. The highest BCUT2D eigenvalue weighted by atomic mass is 32.2. The van der Waals surface area contributed by atoms with Gasteiger partial charge in [0.2, 0.25) is 10.0 Å². The molecular formula is C13H18N2O5S. The zero-order valence-electron chi connectivity index (χ0n) is 11.5. The van der Waals surface area contributed by atoms with Crippen LogP contribution >= 0.6 is 0 Å². The van der Waals surface area contributed by atoms with Crippen LogP contribution in [0.15, 0.2) is 23.1 Å². The maximum Gasteiger partial charge on any atom is 0.273 e. The third-order valence-electron chi connectivity index (χ3n) is 3.74. The molecule has 2 rings (SSSR count). The summed E-state index contributed by atoms with van der Waals surface area (Å²) in [6.45, 7) is 1.47. The number of ether oxygens (including phenoxy) is 1. The minimum Gasteiger partial charge on any atom is -0.381 e. The number of primary sulfonamides is 1. The van der Waals surface area contributed by atoms with Crippen LogP contribution in [0.25, 0.3) is 0 Å². The Bertz CT molecular complexity index is 623. The third kappa shape index (κ3) is 4.23. The molecule has 0 atom stereocenters. The van der Waals surface area contributed by atoms with Crippen molar-refractivity contribution in [3.05, 3.63) is 33.9 Å². The summed E-state index contributed by atoms with van der Waals surface area (Å²) in [5, 5.41) is 16.1. The van der Waals surface area contributed by atoms with Crippen LogP contribution in [0, 0.1) is 16.0 Å². The molecule has 0 aromatic heterocycles. The van der Waals surface area contributed by atoms with Crippen molar-refractivity contribution in [3.8, 4) is 0 Å². The van der Waals surface area contributed by atoms with E-state index in [-0.39, 0.29) is 10.6 Å². The molecular weight excluding hydrogens is 296 g/mol. The Morgan fingerprint density at radius 2 is 2.00 bits per heavy atom. The highest BCUT2D eigenvalue weighted by Gasteiger charge is 2.20. The van der Waals surface area contributed by atoms with Crippen LogP contribution in [0.3, 0.4) is 0 Å². The summed E-state index contributed by atoms with van der Waals surface area (Å²) in [5.41, 5.74) is 0.354. The van der Waals surface area contributed by atoms with Gasteiger partial charge in [-0.1, -0.05) is 6.07 Å². The number of nitrogens with zero attached hydrogens (tertiary/aromatic N) is 1. The molecule has 1 aromatic rings. The average Bonchev–Trinajstić information content (AvgIpc) is 2.45. The van der Waals surface area contributed by atoms with Crippen LogP contribution in [0.4, 0.5) is 5.69 Å². The Balaban J connectivity index is 2.16. The largest absolute Gasteiger partial charge is 0.381 e. The van der Waals surface area contributed by atoms with Crippen LogP contribution < -0.4 is 5.14 Å². The average molecular weight is 314 g/mol. The maximum atomic E-state index is 11.3. The molecule has 1 fully saturated rings. The molecule has 0 aliphatic carbocycles. The highest BCUT2D eigenvalue weighted by molar-refractivity contribution is 7.89. The molecule has 8 heteroatoms. The Labute approximate surface area is 123 Å². The van der Waals surface area contributed by atoms with Gasteiger partial charge in [0.15, 0.2) is 0 Å². The van der Waals surface area contributed by atoms with Gasteiger partial charge in [0.1, 0.15) is 0 Å². The molecule has 0 unspecified atom stereocenters. The summed E-state index contributed by atoms with van der Waals surface area (Å²) in [5.74, 6) is 0.497. The summed E-state index contributed by atoms with van der Waals surface area (Å²) < 4.78 is 27.8. The first-order valence-electron chi connectivity index (χ1n) is 6.76. The fourth-order valence-corrected chi connectivity index (χ4v) is 3.03. The van der Waals surface area contributed by atoms with Gasteiger partial charge in [-0.15, -0.1) is 0 Å². The van der Waals surface area contributed by atoms with Gasteiger partial charge in [-0.3, -0.25) is 10.1 Å². The number of hydrogen-bond acceptors (Lipinski definition) is 5. The van der Waals surface area contributed by atoms with Crippen molar-refractivity contribution >= 4 is 15.7 Å². The lowest BCUT2D eigenvalue weighted by Gasteiger charge is -2.21. The van der Waals surface area contributed by atoms with Crippen molar-refractivity contribution in [2.45, 2.75) is 30.6 Å². The lowest BCUT2D eigenvalue weighted by atomic mass is 9.92. The number of sulfonamides is 1. The van der Waals surface area contributed by atoms with Crippen molar-refractivity contribution in [2.75, 3.05) is 13.2 Å². The standard InChI is InChI=1S/C13H18N2O5S/c14-21(18,19)12-4-3-11(13(9-12)15(16)17)2-1-10-5-7-20-8-6-10/h3-4,9-10H,1-2,5-8H2,(H2,14,18,19). The van der Waals surface area contributed by atoms with Gasteiger partial charge in [-0.05, 0) is 37.7 Å². The number of benzene rings is 1. The molecule has 0 spiro atoms. The zero-order chi connectivity index (χ0) is 15.5. The van der Waals surface area contributed by atoms with E-state index in [9.17, 15) is 18.5 Å². The van der Waals surface area contributed by atoms with E-state index in [2.05, 4.69) is 0 Å². The zero-order valence-corrected chi connectivity index (χ0v) is 12.3. The molecule has 21 heavy (non-hydrogen) atoms. The molecule has 0 saturated carbocycles. The lowest BCUT2D eigenvalue weighted by molar-refractivity contribution is -0.385. The molecule has 1 saturated heterocycles. The fraction of sp³-hybridized carbons (Fsp3) is 0.538. The van der Waals surface area contributed by atoms with Crippen LogP contribution in [-0.2, 0) is 21.2 Å². The third-order valence-corrected chi connectivity index (χ3v) is 4.66. The van der Waals surface area contributed by atoms with Crippen molar-refractivity contribution in [1.29, 1.82) is 0 Å². The molecule has 1 aliphatic rings. The van der Waals surface area contributed by atoms with Crippen molar-refractivity contribution in [2.24, 2.45) is 11.1 Å². The maximum absolute atomic E-state index is 11.3. The van der Waals surface area contributed by atoms with E-state index in [0.29, 0.717) is 17.9 Å². The number of aryl methyl sites for hydroxylation is 1. The summed E-state index contributed by atoms with van der Waals surface area (Å²) in [7, 11) is -3.93. The molecule has 1 aromatic carbocycles. The van der Waals surface area contributed by atoms with Gasteiger partial charge in [0.25, 0.3) is 5.69 Å². The van der Waals surface area contributed by atoms with E-state index in [4.69, 9.17) is 9.88 Å². The van der Waals surface area contributed by atoms with E-state index >= 15 is 0 Å². The molecule has 0 radical (unpaired) electrons. The SMILES string of the molecule is NS(=O)(=O)c1ccc(CCC2CCOCC2)c([N+](=O)[O-])c1. The topological polar surface area (TPSA) is 113 Å². The Hall–Kier alpha value is -1.51. The second-order valence-electron chi connectivity index (χ2n) is 5.19. The smallest absolute Gasteiger partial charge is 0.273 e. The van der Waals surface area contributed by atoms with Gasteiger partial charge < -0.3 is 4.74 Å². The summed E-state index contributed by atoms with van der Waals surface area (Å²) in [4.78, 5) is 10.3. The fourth-order valence-electron chi connectivity index (χ4n) is 2.50. The van der Waals surface area contributed by atoms with Gasteiger partial charge in [0, 0.05) is 24.8 Å². The number of hydrogen-bond donors (Lipinski definition) is 1. The van der Waals surface area contributed by atoms with E-state index in [0.717, 1.165) is 38.5 Å². The van der Waals surface area contributed by atoms with Crippen LogP contribution in [0.2, 0.25) is 0 Å². The molecule has 0 amide bonds. The first-order valence-corrected chi connectivity index (χ1v) is 8.30. The van der Waals surface area contributed by atoms with E-state index in [1.165, 1.54) is 12.1 Å². The number of nitro benzene ring substituents is 1. The predicted octanol–water partition coefficient (Wildman–Crippen LogP) is 1.60. The molecule has 7 nitrogen and oxygen atoms in total. The second kappa shape index (κ2) is 6.50. The lowest BCUT2D eigenvalue weighted by Crippen LogP contribution is -2.16. The monoisotopic (exact) mass is 314 g/mol. The van der Waals surface area contributed by atoms with Crippen LogP contribution in [0.1, 0.15) is 24.8 Å². The minimum absolute atomic E-state index is 0.186. The molecule has 116 valence electrons. The molecule has 1 heterocycles. The van der Waals surface area contributed by atoms with E-state index in [1.54, 1.807) is 0 Å². The van der Waals surface area contributed by atoms with E-state index < -0.39 is 14.9 Å². The highest BCUT2D eigenvalue weighted by Crippen LogP contribution is 2.27. The minimum atomic E-state index is -3.93. The Morgan fingerprint density at radius 3 is 2.57 bits per heavy atom.